The zero-order valence-corrected chi connectivity index (χ0v) is 23.3. The quantitative estimate of drug-likeness (QED) is 0.249. The number of carbonyl (C=O) groups is 1. The molecule has 0 spiro atoms. The van der Waals surface area contributed by atoms with Crippen LogP contribution in [0.15, 0.2) is 54.6 Å². The zero-order valence-electron chi connectivity index (χ0n) is 23.3. The van der Waals surface area contributed by atoms with Gasteiger partial charge in [0.15, 0.2) is 5.82 Å². The van der Waals surface area contributed by atoms with Crippen molar-refractivity contribution in [1.82, 2.24) is 0 Å². The molecule has 0 radical (unpaired) electrons. The molecule has 0 aromatic heterocycles. The molecule has 3 aromatic rings. The number of ketones is 1. The second-order valence-corrected chi connectivity index (χ2v) is 10.4. The van der Waals surface area contributed by atoms with E-state index in [0.717, 1.165) is 11.1 Å². The molecule has 8 heteroatoms. The number of aryl methyl sites for hydroxylation is 1. The summed E-state index contributed by atoms with van der Waals surface area (Å²) < 4.78 is 70.5. The summed E-state index contributed by atoms with van der Waals surface area (Å²) in [6, 6.07) is 15.9. The van der Waals surface area contributed by atoms with E-state index < -0.39 is 23.5 Å². The Bertz CT molecular complexity index is 1270. The summed E-state index contributed by atoms with van der Waals surface area (Å²) in [6.07, 6.45) is -3.49. The molecule has 0 amide bonds. The number of carbonyl (C=O) groups excluding carboxylic acids is 1. The largest absolute Gasteiger partial charge is 0.497 e. The van der Waals surface area contributed by atoms with E-state index in [-0.39, 0.29) is 48.0 Å². The highest BCUT2D eigenvalue weighted by Gasteiger charge is 2.43. The van der Waals surface area contributed by atoms with Crippen molar-refractivity contribution >= 4 is 11.5 Å². The van der Waals surface area contributed by atoms with Gasteiger partial charge in [0, 0.05) is 31.5 Å². The van der Waals surface area contributed by atoms with Crippen LogP contribution in [0.4, 0.5) is 23.2 Å². The second-order valence-electron chi connectivity index (χ2n) is 10.4. The van der Waals surface area contributed by atoms with Crippen molar-refractivity contribution in [2.24, 2.45) is 5.92 Å². The SMILES string of the molecule is CCC1CCC(=O)CC1c1c(F)c(N(Cc2ccc(OC)cc2)Cc2ccc(OC)cc2)cc(C)c1C(F)(F)F. The van der Waals surface area contributed by atoms with Crippen LogP contribution < -0.4 is 14.4 Å². The molecule has 40 heavy (non-hydrogen) atoms. The normalized spacial score (nSPS) is 17.6. The Morgan fingerprint density at radius 1 is 0.925 bits per heavy atom. The number of anilines is 1. The Balaban J connectivity index is 1.87. The van der Waals surface area contributed by atoms with Gasteiger partial charge in [-0.1, -0.05) is 37.6 Å². The number of benzene rings is 3. The van der Waals surface area contributed by atoms with Crippen molar-refractivity contribution in [3.05, 3.63) is 88.2 Å². The minimum atomic E-state index is -4.76. The van der Waals surface area contributed by atoms with Gasteiger partial charge in [0.05, 0.1) is 25.5 Å². The predicted octanol–water partition coefficient (Wildman–Crippen LogP) is 8.24. The third-order valence-electron chi connectivity index (χ3n) is 7.87. The molecule has 1 saturated carbocycles. The number of rotatable bonds is 9. The monoisotopic (exact) mass is 557 g/mol. The highest BCUT2D eigenvalue weighted by Crippen LogP contribution is 2.48. The Labute approximate surface area is 232 Å². The summed E-state index contributed by atoms with van der Waals surface area (Å²) >= 11 is 0. The molecule has 0 heterocycles. The van der Waals surface area contributed by atoms with Crippen LogP contribution in [-0.4, -0.2) is 20.0 Å². The maximum Gasteiger partial charge on any atom is 0.417 e. The molecule has 4 nitrogen and oxygen atoms in total. The molecule has 2 atom stereocenters. The molecule has 0 N–H and O–H groups in total. The number of hydrogen-bond donors (Lipinski definition) is 0. The van der Waals surface area contributed by atoms with E-state index in [1.54, 1.807) is 43.4 Å². The summed E-state index contributed by atoms with van der Waals surface area (Å²) in [6.45, 7) is 3.75. The Hall–Kier alpha value is -3.55. The van der Waals surface area contributed by atoms with Crippen LogP contribution in [-0.2, 0) is 24.1 Å². The fourth-order valence-corrected chi connectivity index (χ4v) is 5.77. The standard InChI is InChI=1S/C32H35F4NO3/c1-5-23-10-11-24(38)17-27(23)29-30(32(34,35)36)20(2)16-28(31(29)33)37(18-21-6-12-25(39-3)13-7-21)19-22-8-14-26(40-4)15-9-22/h6-9,12-16,23,27H,5,10-11,17-19H2,1-4H3. The topological polar surface area (TPSA) is 38.8 Å². The van der Waals surface area contributed by atoms with Gasteiger partial charge in [-0.2, -0.15) is 13.2 Å². The van der Waals surface area contributed by atoms with Gasteiger partial charge in [0.25, 0.3) is 0 Å². The average Bonchev–Trinajstić information content (AvgIpc) is 2.93. The van der Waals surface area contributed by atoms with Gasteiger partial charge < -0.3 is 14.4 Å². The molecule has 1 aliphatic carbocycles. The van der Waals surface area contributed by atoms with E-state index >= 15 is 4.39 Å². The first-order valence-corrected chi connectivity index (χ1v) is 13.5. The summed E-state index contributed by atoms with van der Waals surface area (Å²) in [5.41, 5.74) is 0.373. The van der Waals surface area contributed by atoms with Gasteiger partial charge >= 0.3 is 6.18 Å². The maximum absolute atomic E-state index is 16.7. The van der Waals surface area contributed by atoms with Gasteiger partial charge in [0.2, 0.25) is 0 Å². The van der Waals surface area contributed by atoms with E-state index in [2.05, 4.69) is 0 Å². The highest BCUT2D eigenvalue weighted by molar-refractivity contribution is 5.80. The van der Waals surface area contributed by atoms with E-state index in [1.807, 2.05) is 31.2 Å². The first kappa shape index (κ1) is 29.4. The first-order valence-electron chi connectivity index (χ1n) is 13.5. The van der Waals surface area contributed by atoms with Gasteiger partial charge in [-0.25, -0.2) is 4.39 Å². The molecular weight excluding hydrogens is 522 g/mol. The van der Waals surface area contributed by atoms with Crippen molar-refractivity contribution < 1.29 is 31.8 Å². The molecule has 0 saturated heterocycles. The minimum absolute atomic E-state index is 0.0544. The Morgan fingerprint density at radius 2 is 1.45 bits per heavy atom. The second kappa shape index (κ2) is 12.3. The van der Waals surface area contributed by atoms with E-state index in [4.69, 9.17) is 9.47 Å². The van der Waals surface area contributed by atoms with Crippen LogP contribution >= 0.6 is 0 Å². The van der Waals surface area contributed by atoms with Gasteiger partial charge in [-0.15, -0.1) is 0 Å². The molecule has 3 aromatic carbocycles. The molecule has 1 aliphatic rings. The van der Waals surface area contributed by atoms with E-state index in [0.29, 0.717) is 30.8 Å². The molecule has 214 valence electrons. The van der Waals surface area contributed by atoms with Crippen LogP contribution in [0.5, 0.6) is 11.5 Å². The van der Waals surface area contributed by atoms with Crippen LogP contribution in [0.1, 0.15) is 66.3 Å². The minimum Gasteiger partial charge on any atom is -0.497 e. The average molecular weight is 558 g/mol. The summed E-state index contributed by atoms with van der Waals surface area (Å²) in [5, 5.41) is 0. The predicted molar refractivity (Wildman–Crippen MR) is 147 cm³/mol. The number of methoxy groups -OCH3 is 2. The molecule has 2 unspecified atom stereocenters. The zero-order chi connectivity index (χ0) is 29.0. The fourth-order valence-electron chi connectivity index (χ4n) is 5.77. The number of alkyl halides is 3. The summed E-state index contributed by atoms with van der Waals surface area (Å²) in [7, 11) is 3.12. The summed E-state index contributed by atoms with van der Waals surface area (Å²) in [4.78, 5) is 14.2. The van der Waals surface area contributed by atoms with Gasteiger partial charge in [-0.3, -0.25) is 4.79 Å². The Morgan fingerprint density at radius 3 is 1.90 bits per heavy atom. The lowest BCUT2D eigenvalue weighted by Gasteiger charge is -2.35. The van der Waals surface area contributed by atoms with Crippen molar-refractivity contribution in [1.29, 1.82) is 0 Å². The van der Waals surface area contributed by atoms with E-state index in [9.17, 15) is 18.0 Å². The smallest absolute Gasteiger partial charge is 0.417 e. The van der Waals surface area contributed by atoms with E-state index in [1.165, 1.54) is 13.0 Å². The lowest BCUT2D eigenvalue weighted by molar-refractivity contribution is -0.139. The number of halogens is 4. The van der Waals surface area contributed by atoms with Gasteiger partial charge in [0.1, 0.15) is 17.3 Å². The van der Waals surface area contributed by atoms with Crippen LogP contribution in [0.25, 0.3) is 0 Å². The molecule has 0 aliphatic heterocycles. The first-order chi connectivity index (χ1) is 19.0. The number of Topliss-reactive ketones (excluding diaryl/α,β-unsaturated/α-hetero) is 1. The lowest BCUT2D eigenvalue weighted by atomic mass is 9.71. The molecule has 0 bridgehead atoms. The third kappa shape index (κ3) is 6.43. The summed E-state index contributed by atoms with van der Waals surface area (Å²) in [5.74, 6) is -0.740. The van der Waals surface area contributed by atoms with Crippen molar-refractivity contribution in [3.63, 3.8) is 0 Å². The molecular formula is C32H35F4NO3. The van der Waals surface area contributed by atoms with Crippen molar-refractivity contribution in [3.8, 4) is 11.5 Å². The molecule has 4 rings (SSSR count). The van der Waals surface area contributed by atoms with Crippen molar-refractivity contribution in [2.45, 2.75) is 64.7 Å². The number of nitrogens with zero attached hydrogens (tertiary/aromatic N) is 1. The van der Waals surface area contributed by atoms with Crippen LogP contribution in [0.2, 0.25) is 0 Å². The number of ether oxygens (including phenoxy) is 2. The maximum atomic E-state index is 16.7. The third-order valence-corrected chi connectivity index (χ3v) is 7.87. The number of hydrogen-bond acceptors (Lipinski definition) is 4. The van der Waals surface area contributed by atoms with Gasteiger partial charge in [-0.05, 0) is 72.2 Å². The fraction of sp³-hybridized carbons (Fsp3) is 0.406. The Kier molecular flexibility index (Phi) is 9.06. The highest BCUT2D eigenvalue weighted by atomic mass is 19.4. The van der Waals surface area contributed by atoms with Crippen LogP contribution in [0.3, 0.4) is 0 Å². The molecule has 1 fully saturated rings. The van der Waals surface area contributed by atoms with Crippen molar-refractivity contribution in [2.75, 3.05) is 19.1 Å². The van der Waals surface area contributed by atoms with Crippen LogP contribution in [0, 0.1) is 18.7 Å². The lowest BCUT2D eigenvalue weighted by Crippen LogP contribution is -2.29.